The molecule has 1 atom stereocenters. The molecule has 0 aromatic rings. The summed E-state index contributed by atoms with van der Waals surface area (Å²) in [5.41, 5.74) is 3.15. The fourth-order valence-electron chi connectivity index (χ4n) is 2.33. The van der Waals surface area contributed by atoms with Gasteiger partial charge in [-0.3, -0.25) is 0 Å². The molecule has 0 amide bonds. The van der Waals surface area contributed by atoms with Crippen molar-refractivity contribution in [2.45, 2.75) is 32.6 Å². The minimum atomic E-state index is 0.634. The summed E-state index contributed by atoms with van der Waals surface area (Å²) < 4.78 is 5.35. The van der Waals surface area contributed by atoms with Gasteiger partial charge in [-0.1, -0.05) is 12.5 Å². The van der Waals surface area contributed by atoms with Gasteiger partial charge in [-0.25, -0.2) is 0 Å². The molecule has 2 aliphatic rings. The number of ether oxygens (including phenoxy) is 1. The largest absolute Gasteiger partial charge is 0.497 e. The zero-order chi connectivity index (χ0) is 8.55. The molecule has 66 valence electrons. The molecule has 0 saturated heterocycles. The maximum Gasteiger partial charge on any atom is 0.118 e. The molecule has 0 aromatic carbocycles. The predicted octanol–water partition coefficient (Wildman–Crippen LogP) is 3.04. The third kappa shape index (κ3) is 1.08. The van der Waals surface area contributed by atoms with E-state index in [4.69, 9.17) is 4.74 Å². The molecule has 0 spiro atoms. The topological polar surface area (TPSA) is 9.23 Å². The quantitative estimate of drug-likeness (QED) is 0.578. The van der Waals surface area contributed by atoms with Gasteiger partial charge in [0.1, 0.15) is 5.76 Å². The van der Waals surface area contributed by atoms with Crippen LogP contribution in [0.5, 0.6) is 0 Å². The van der Waals surface area contributed by atoms with Crippen LogP contribution in [0.4, 0.5) is 0 Å². The van der Waals surface area contributed by atoms with Gasteiger partial charge in [0.25, 0.3) is 0 Å². The lowest BCUT2D eigenvalue weighted by Crippen LogP contribution is -2.01. The summed E-state index contributed by atoms with van der Waals surface area (Å²) in [6.07, 6.45) is 7.50. The van der Waals surface area contributed by atoms with Crippen LogP contribution in [-0.4, -0.2) is 7.11 Å². The number of hydrogen-bond acceptors (Lipinski definition) is 1. The van der Waals surface area contributed by atoms with Gasteiger partial charge in [-0.2, -0.15) is 0 Å². The number of hydrogen-bond donors (Lipinski definition) is 0. The smallest absolute Gasteiger partial charge is 0.118 e. The van der Waals surface area contributed by atoms with Gasteiger partial charge in [-0.15, -0.1) is 0 Å². The summed E-state index contributed by atoms with van der Waals surface area (Å²) in [6, 6.07) is 0. The highest BCUT2D eigenvalue weighted by Gasteiger charge is 2.25. The molecule has 0 radical (unpaired) electrons. The average molecular weight is 164 g/mol. The molecule has 0 heterocycles. The Morgan fingerprint density at radius 1 is 1.33 bits per heavy atom. The van der Waals surface area contributed by atoms with Crippen LogP contribution < -0.4 is 0 Å². The Morgan fingerprint density at radius 2 is 2.08 bits per heavy atom. The van der Waals surface area contributed by atoms with E-state index < -0.39 is 0 Å². The van der Waals surface area contributed by atoms with Gasteiger partial charge >= 0.3 is 0 Å². The van der Waals surface area contributed by atoms with E-state index >= 15 is 0 Å². The van der Waals surface area contributed by atoms with Gasteiger partial charge in [0.2, 0.25) is 0 Å². The minimum Gasteiger partial charge on any atom is -0.497 e. The van der Waals surface area contributed by atoms with Crippen LogP contribution in [-0.2, 0) is 4.74 Å². The minimum absolute atomic E-state index is 0.634. The van der Waals surface area contributed by atoms with Crippen molar-refractivity contribution >= 4 is 0 Å². The van der Waals surface area contributed by atoms with Crippen LogP contribution in [0.15, 0.2) is 23.0 Å². The Bertz CT molecular complexity index is 248. The summed E-state index contributed by atoms with van der Waals surface area (Å²) in [7, 11) is 1.78. The summed E-state index contributed by atoms with van der Waals surface area (Å²) in [5, 5.41) is 0. The molecule has 0 N–H and O–H groups in total. The molecule has 2 aliphatic carbocycles. The SMILES string of the molecule is COC1=C[C@H](C)C2=C1CCCC2. The number of rotatable bonds is 1. The first-order chi connectivity index (χ1) is 5.83. The lowest BCUT2D eigenvalue weighted by molar-refractivity contribution is 0.297. The number of allylic oxidation sites excluding steroid dienone is 3. The van der Waals surface area contributed by atoms with Gasteiger partial charge in [-0.05, 0) is 43.3 Å². The summed E-state index contributed by atoms with van der Waals surface area (Å²) in [5.74, 6) is 1.78. The Morgan fingerprint density at radius 3 is 2.83 bits per heavy atom. The molecular weight excluding hydrogens is 148 g/mol. The zero-order valence-corrected chi connectivity index (χ0v) is 7.89. The maximum atomic E-state index is 5.35. The molecule has 2 rings (SSSR count). The van der Waals surface area contributed by atoms with Gasteiger partial charge < -0.3 is 4.74 Å². The van der Waals surface area contributed by atoms with E-state index in [1.807, 2.05) is 0 Å². The van der Waals surface area contributed by atoms with Crippen molar-refractivity contribution in [1.29, 1.82) is 0 Å². The predicted molar refractivity (Wildman–Crippen MR) is 49.8 cm³/mol. The molecule has 1 nitrogen and oxygen atoms in total. The second-order valence-corrected chi connectivity index (χ2v) is 3.73. The fraction of sp³-hybridized carbons (Fsp3) is 0.636. The van der Waals surface area contributed by atoms with E-state index in [-0.39, 0.29) is 0 Å². The summed E-state index contributed by atoms with van der Waals surface area (Å²) in [4.78, 5) is 0. The van der Waals surface area contributed by atoms with Crippen LogP contribution in [0.25, 0.3) is 0 Å². The lowest BCUT2D eigenvalue weighted by atomic mass is 9.89. The normalized spacial score (nSPS) is 28.5. The second-order valence-electron chi connectivity index (χ2n) is 3.73. The lowest BCUT2D eigenvalue weighted by Gasteiger charge is -2.17. The highest BCUT2D eigenvalue weighted by molar-refractivity contribution is 5.42. The van der Waals surface area contributed by atoms with Crippen molar-refractivity contribution in [3.05, 3.63) is 23.0 Å². The summed E-state index contributed by atoms with van der Waals surface area (Å²) in [6.45, 7) is 2.27. The van der Waals surface area contributed by atoms with Crippen molar-refractivity contribution < 1.29 is 4.74 Å². The van der Waals surface area contributed by atoms with E-state index in [1.54, 1.807) is 12.7 Å². The molecule has 0 aromatic heterocycles. The first-order valence-corrected chi connectivity index (χ1v) is 4.81. The van der Waals surface area contributed by atoms with Crippen LogP contribution in [0.3, 0.4) is 0 Å². The van der Waals surface area contributed by atoms with Crippen LogP contribution >= 0.6 is 0 Å². The van der Waals surface area contributed by atoms with E-state index in [9.17, 15) is 0 Å². The van der Waals surface area contributed by atoms with Crippen molar-refractivity contribution in [2.75, 3.05) is 7.11 Å². The van der Waals surface area contributed by atoms with Crippen molar-refractivity contribution in [2.24, 2.45) is 5.92 Å². The highest BCUT2D eigenvalue weighted by Crippen LogP contribution is 2.40. The van der Waals surface area contributed by atoms with Gasteiger partial charge in [0.15, 0.2) is 0 Å². The van der Waals surface area contributed by atoms with Crippen LogP contribution in [0, 0.1) is 5.92 Å². The van der Waals surface area contributed by atoms with E-state index in [1.165, 1.54) is 31.3 Å². The third-order valence-corrected chi connectivity index (χ3v) is 2.98. The Balaban J connectivity index is 2.30. The van der Waals surface area contributed by atoms with Crippen molar-refractivity contribution in [1.82, 2.24) is 0 Å². The molecular formula is C11H16O. The van der Waals surface area contributed by atoms with Crippen LogP contribution in [0.2, 0.25) is 0 Å². The van der Waals surface area contributed by atoms with Crippen molar-refractivity contribution in [3.63, 3.8) is 0 Å². The molecule has 1 heteroatoms. The van der Waals surface area contributed by atoms with E-state index in [0.29, 0.717) is 5.92 Å². The van der Waals surface area contributed by atoms with Gasteiger partial charge in [0.05, 0.1) is 7.11 Å². The van der Waals surface area contributed by atoms with Gasteiger partial charge in [0, 0.05) is 0 Å². The molecule has 0 saturated carbocycles. The van der Waals surface area contributed by atoms with Crippen molar-refractivity contribution in [3.8, 4) is 0 Å². The average Bonchev–Trinajstić information content (AvgIpc) is 2.44. The first kappa shape index (κ1) is 7.90. The third-order valence-electron chi connectivity index (χ3n) is 2.98. The maximum absolute atomic E-state index is 5.35. The highest BCUT2D eigenvalue weighted by atomic mass is 16.5. The molecule has 12 heavy (non-hydrogen) atoms. The first-order valence-electron chi connectivity index (χ1n) is 4.81. The molecule has 0 fully saturated rings. The van der Waals surface area contributed by atoms with E-state index in [2.05, 4.69) is 13.0 Å². The zero-order valence-electron chi connectivity index (χ0n) is 7.89. The molecule has 0 unspecified atom stereocenters. The standard InChI is InChI=1S/C11H16O/c1-8-7-11(12-2)10-6-4-3-5-9(8)10/h7-8H,3-6H2,1-2H3/t8-/m0/s1. The fourth-order valence-corrected chi connectivity index (χ4v) is 2.33. The Hall–Kier alpha value is -0.720. The van der Waals surface area contributed by atoms with Crippen LogP contribution in [0.1, 0.15) is 32.6 Å². The summed E-state index contributed by atoms with van der Waals surface area (Å²) >= 11 is 0. The molecule has 0 aliphatic heterocycles. The monoisotopic (exact) mass is 164 g/mol. The number of methoxy groups -OCH3 is 1. The molecule has 0 bridgehead atoms. The Labute approximate surface area is 74.1 Å². The Kier molecular flexibility index (Phi) is 1.95. The second kappa shape index (κ2) is 2.96. The van der Waals surface area contributed by atoms with E-state index in [0.717, 1.165) is 5.76 Å².